The molecule has 0 heterocycles. The molecule has 0 fully saturated rings. The van der Waals surface area contributed by atoms with Crippen molar-refractivity contribution in [3.8, 4) is 11.5 Å². The lowest BCUT2D eigenvalue weighted by molar-refractivity contribution is 0.206. The van der Waals surface area contributed by atoms with Crippen molar-refractivity contribution in [2.24, 2.45) is 0 Å². The van der Waals surface area contributed by atoms with Gasteiger partial charge < -0.3 is 9.47 Å². The Morgan fingerprint density at radius 2 is 1.40 bits per heavy atom. The fourth-order valence-electron chi connectivity index (χ4n) is 2.86. The number of unbranched alkanes of at least 4 members (excludes halogenated alkanes) is 5. The molecule has 0 aromatic heterocycles. The highest BCUT2D eigenvalue weighted by atomic mass is 16.5. The average molecular weight is 341 g/mol. The van der Waals surface area contributed by atoms with Crippen LogP contribution in [0.2, 0.25) is 0 Å². The second-order valence-electron chi connectivity index (χ2n) is 6.73. The van der Waals surface area contributed by atoms with Crippen LogP contribution < -0.4 is 9.47 Å². The molecule has 0 radical (unpaired) electrons. The summed E-state index contributed by atoms with van der Waals surface area (Å²) in [5, 5.41) is 0. The Bertz CT molecular complexity index is 562. The van der Waals surface area contributed by atoms with E-state index in [0.717, 1.165) is 17.9 Å². The molecule has 2 nitrogen and oxygen atoms in total. The first-order chi connectivity index (χ1) is 12.3. The zero-order valence-electron chi connectivity index (χ0n) is 15.7. The van der Waals surface area contributed by atoms with Crippen molar-refractivity contribution < 1.29 is 9.47 Å². The number of hydrogen-bond acceptors (Lipinski definition) is 2. The Labute approximate surface area is 153 Å². The van der Waals surface area contributed by atoms with Crippen LogP contribution in [0.1, 0.15) is 64.4 Å². The van der Waals surface area contributed by atoms with E-state index in [-0.39, 0.29) is 6.10 Å². The Balaban J connectivity index is 1.65. The van der Waals surface area contributed by atoms with Crippen LogP contribution in [-0.4, -0.2) is 6.10 Å². The minimum atomic E-state index is 0.266. The van der Waals surface area contributed by atoms with Gasteiger partial charge in [0, 0.05) is 0 Å². The van der Waals surface area contributed by atoms with E-state index in [9.17, 15) is 0 Å². The van der Waals surface area contributed by atoms with Gasteiger partial charge in [0.1, 0.15) is 18.1 Å². The molecule has 1 unspecified atom stereocenters. The maximum atomic E-state index is 6.00. The highest BCUT2D eigenvalue weighted by Crippen LogP contribution is 2.21. The van der Waals surface area contributed by atoms with E-state index in [1.54, 1.807) is 0 Å². The number of benzene rings is 2. The van der Waals surface area contributed by atoms with Crippen LogP contribution in [0.5, 0.6) is 11.5 Å². The van der Waals surface area contributed by atoms with Crippen LogP contribution in [0.15, 0.2) is 54.6 Å². The summed E-state index contributed by atoms with van der Waals surface area (Å²) in [6.07, 6.45) is 9.36. The third-order valence-electron chi connectivity index (χ3n) is 4.37. The van der Waals surface area contributed by atoms with Gasteiger partial charge in [0.2, 0.25) is 0 Å². The van der Waals surface area contributed by atoms with E-state index >= 15 is 0 Å². The molecule has 0 amide bonds. The van der Waals surface area contributed by atoms with Crippen LogP contribution in [0.4, 0.5) is 0 Å². The molecule has 2 aromatic rings. The Morgan fingerprint density at radius 3 is 2.12 bits per heavy atom. The molecule has 0 saturated heterocycles. The summed E-state index contributed by atoms with van der Waals surface area (Å²) >= 11 is 0. The normalized spacial score (nSPS) is 11.9. The van der Waals surface area contributed by atoms with E-state index in [1.807, 2.05) is 42.5 Å². The molecule has 136 valence electrons. The zero-order valence-corrected chi connectivity index (χ0v) is 15.7. The maximum Gasteiger partial charge on any atom is 0.120 e. The molecule has 0 aliphatic carbocycles. The van der Waals surface area contributed by atoms with E-state index in [2.05, 4.69) is 26.0 Å². The smallest absolute Gasteiger partial charge is 0.120 e. The molecule has 2 aromatic carbocycles. The molecule has 1 atom stereocenters. The summed E-state index contributed by atoms with van der Waals surface area (Å²) in [5.74, 6) is 1.80. The fraction of sp³-hybridized carbons (Fsp3) is 0.478. The molecule has 0 N–H and O–H groups in total. The largest absolute Gasteiger partial charge is 0.491 e. The van der Waals surface area contributed by atoms with E-state index in [0.29, 0.717) is 6.61 Å². The van der Waals surface area contributed by atoms with Crippen LogP contribution in [0.3, 0.4) is 0 Å². The zero-order chi connectivity index (χ0) is 17.7. The van der Waals surface area contributed by atoms with Gasteiger partial charge in [-0.15, -0.1) is 0 Å². The van der Waals surface area contributed by atoms with E-state index in [4.69, 9.17) is 9.47 Å². The minimum Gasteiger partial charge on any atom is -0.491 e. The van der Waals surface area contributed by atoms with Gasteiger partial charge in [0.15, 0.2) is 0 Å². The first kappa shape index (κ1) is 19.4. The van der Waals surface area contributed by atoms with E-state index in [1.165, 1.54) is 44.1 Å². The molecule has 0 saturated carbocycles. The summed E-state index contributed by atoms with van der Waals surface area (Å²) in [6.45, 7) is 5.01. The molecule has 0 aliphatic rings. The monoisotopic (exact) mass is 340 g/mol. The van der Waals surface area contributed by atoms with Gasteiger partial charge >= 0.3 is 0 Å². The standard InChI is InChI=1S/C23H32O2/c1-3-4-5-6-7-9-12-20(2)25-23-17-15-22(16-18-23)24-19-21-13-10-8-11-14-21/h8,10-11,13-18,20H,3-7,9,12,19H2,1-2H3. The van der Waals surface area contributed by atoms with Crippen molar-refractivity contribution in [2.45, 2.75) is 71.5 Å². The molecular weight excluding hydrogens is 308 g/mol. The SMILES string of the molecule is CCCCCCCCC(C)Oc1ccc(OCc2ccccc2)cc1. The summed E-state index contributed by atoms with van der Waals surface area (Å²) in [7, 11) is 0. The third kappa shape index (κ3) is 8.11. The van der Waals surface area contributed by atoms with Gasteiger partial charge in [-0.25, -0.2) is 0 Å². The second-order valence-corrected chi connectivity index (χ2v) is 6.73. The van der Waals surface area contributed by atoms with Gasteiger partial charge in [-0.1, -0.05) is 69.4 Å². The maximum absolute atomic E-state index is 6.00. The van der Waals surface area contributed by atoms with Crippen molar-refractivity contribution in [2.75, 3.05) is 0 Å². The molecule has 2 rings (SSSR count). The number of ether oxygens (including phenoxy) is 2. The predicted molar refractivity (Wildman–Crippen MR) is 105 cm³/mol. The highest BCUT2D eigenvalue weighted by molar-refractivity contribution is 5.31. The molecule has 2 heteroatoms. The third-order valence-corrected chi connectivity index (χ3v) is 4.37. The molecule has 0 spiro atoms. The van der Waals surface area contributed by atoms with Gasteiger partial charge in [0.05, 0.1) is 6.10 Å². The Kier molecular flexibility index (Phi) is 8.96. The topological polar surface area (TPSA) is 18.5 Å². The summed E-state index contributed by atoms with van der Waals surface area (Å²) in [4.78, 5) is 0. The van der Waals surface area contributed by atoms with Gasteiger partial charge in [-0.05, 0) is 49.6 Å². The van der Waals surface area contributed by atoms with Gasteiger partial charge in [-0.3, -0.25) is 0 Å². The van der Waals surface area contributed by atoms with Crippen molar-refractivity contribution >= 4 is 0 Å². The number of hydrogen-bond donors (Lipinski definition) is 0. The quantitative estimate of drug-likeness (QED) is 0.396. The summed E-state index contributed by atoms with van der Waals surface area (Å²) < 4.78 is 11.8. The predicted octanol–water partition coefficient (Wildman–Crippen LogP) is 6.78. The van der Waals surface area contributed by atoms with Crippen molar-refractivity contribution in [1.82, 2.24) is 0 Å². The number of rotatable bonds is 12. The second kappa shape index (κ2) is 11.6. The lowest BCUT2D eigenvalue weighted by Crippen LogP contribution is -2.11. The lowest BCUT2D eigenvalue weighted by atomic mass is 10.1. The summed E-state index contributed by atoms with van der Waals surface area (Å²) in [6, 6.07) is 18.2. The molecule has 0 aliphatic heterocycles. The van der Waals surface area contributed by atoms with Gasteiger partial charge in [-0.2, -0.15) is 0 Å². The van der Waals surface area contributed by atoms with Crippen molar-refractivity contribution in [1.29, 1.82) is 0 Å². The van der Waals surface area contributed by atoms with Crippen LogP contribution >= 0.6 is 0 Å². The van der Waals surface area contributed by atoms with E-state index < -0.39 is 0 Å². The average Bonchev–Trinajstić information content (AvgIpc) is 2.65. The lowest BCUT2D eigenvalue weighted by Gasteiger charge is -2.15. The molecular formula is C23H32O2. The van der Waals surface area contributed by atoms with Crippen LogP contribution in [0.25, 0.3) is 0 Å². The van der Waals surface area contributed by atoms with Crippen LogP contribution in [0, 0.1) is 0 Å². The minimum absolute atomic E-state index is 0.266. The summed E-state index contributed by atoms with van der Waals surface area (Å²) in [5.41, 5.74) is 1.18. The molecule has 0 bridgehead atoms. The highest BCUT2D eigenvalue weighted by Gasteiger charge is 2.04. The Hall–Kier alpha value is -1.96. The van der Waals surface area contributed by atoms with Crippen molar-refractivity contribution in [3.05, 3.63) is 60.2 Å². The first-order valence-electron chi connectivity index (χ1n) is 9.71. The van der Waals surface area contributed by atoms with Crippen LogP contribution in [-0.2, 0) is 6.61 Å². The fourth-order valence-corrected chi connectivity index (χ4v) is 2.86. The Morgan fingerprint density at radius 1 is 0.760 bits per heavy atom. The molecule has 25 heavy (non-hydrogen) atoms. The first-order valence-corrected chi connectivity index (χ1v) is 9.71. The van der Waals surface area contributed by atoms with Crippen molar-refractivity contribution in [3.63, 3.8) is 0 Å². The van der Waals surface area contributed by atoms with Gasteiger partial charge in [0.25, 0.3) is 0 Å².